The van der Waals surface area contributed by atoms with E-state index in [2.05, 4.69) is 21.7 Å². The SMILES string of the molecule is CCCSC(=O)CC.[CH3][Sn+]([CH3])[CH3]. The molecule has 0 aromatic rings. The third-order valence-electron chi connectivity index (χ3n) is 0.756. The molecule has 0 saturated heterocycles. The van der Waals surface area contributed by atoms with Crippen LogP contribution < -0.4 is 0 Å². The molecule has 0 atom stereocenters. The standard InChI is InChI=1S/C6H12OS.3CH3.Sn/c1-3-5-8-6(7)4-2;;;;/h3-5H2,1-2H3;3*1H3;/q;;;;+1. The predicted octanol–water partition coefficient (Wildman–Crippen LogP) is 3.44. The van der Waals surface area contributed by atoms with Crippen LogP contribution in [0, 0.1) is 0 Å². The van der Waals surface area contributed by atoms with Crippen molar-refractivity contribution in [2.45, 2.75) is 41.5 Å². The van der Waals surface area contributed by atoms with Gasteiger partial charge in [-0.2, -0.15) is 0 Å². The van der Waals surface area contributed by atoms with Gasteiger partial charge in [0.15, 0.2) is 5.12 Å². The molecule has 3 heteroatoms. The fraction of sp³-hybridized carbons (Fsp3) is 0.889. The molecule has 0 spiro atoms. The molecular weight excluding hydrogens is 275 g/mol. The molecule has 0 aliphatic rings. The van der Waals surface area contributed by atoms with Crippen molar-refractivity contribution < 1.29 is 4.79 Å². The van der Waals surface area contributed by atoms with Crippen LogP contribution in [-0.4, -0.2) is 30.6 Å². The number of hydrogen-bond acceptors (Lipinski definition) is 2. The van der Waals surface area contributed by atoms with Crippen molar-refractivity contribution in [1.82, 2.24) is 0 Å². The first-order chi connectivity index (χ1) is 5.54. The second-order valence-corrected chi connectivity index (χ2v) is 12.8. The molecule has 0 rings (SSSR count). The Kier molecular flexibility index (Phi) is 15.1. The molecule has 0 fully saturated rings. The first-order valence-corrected chi connectivity index (χ1v) is 14.0. The first kappa shape index (κ1) is 15.3. The van der Waals surface area contributed by atoms with Crippen molar-refractivity contribution in [3.8, 4) is 0 Å². The topological polar surface area (TPSA) is 17.1 Å². The van der Waals surface area contributed by atoms with Gasteiger partial charge in [0.1, 0.15) is 0 Å². The third kappa shape index (κ3) is 22.4. The number of thioether (sulfide) groups is 1. The van der Waals surface area contributed by atoms with E-state index in [0.717, 1.165) is 12.2 Å². The van der Waals surface area contributed by atoms with E-state index in [4.69, 9.17) is 0 Å². The Morgan fingerprint density at radius 1 is 1.25 bits per heavy atom. The summed E-state index contributed by atoms with van der Waals surface area (Å²) in [4.78, 5) is 17.6. The number of rotatable bonds is 3. The van der Waals surface area contributed by atoms with Crippen LogP contribution in [0.3, 0.4) is 0 Å². The number of carbonyl (C=O) groups excluding carboxylic acids is 1. The minimum absolute atomic E-state index is 0.312. The zero-order valence-corrected chi connectivity index (χ0v) is 12.6. The quantitative estimate of drug-likeness (QED) is 0.742. The van der Waals surface area contributed by atoms with Crippen LogP contribution in [0.1, 0.15) is 26.7 Å². The maximum atomic E-state index is 10.5. The third-order valence-corrected chi connectivity index (χ3v) is 1.98. The normalized spacial score (nSPS) is 8.42. The van der Waals surface area contributed by atoms with Gasteiger partial charge in [0.25, 0.3) is 0 Å². The summed E-state index contributed by atoms with van der Waals surface area (Å²) in [7, 11) is 0. The summed E-state index contributed by atoms with van der Waals surface area (Å²) < 4.78 is 0. The summed E-state index contributed by atoms with van der Waals surface area (Å²) in [6, 6.07) is 0. The van der Waals surface area contributed by atoms with Gasteiger partial charge in [-0.05, 0) is 6.42 Å². The van der Waals surface area contributed by atoms with Crippen molar-refractivity contribution in [2.24, 2.45) is 0 Å². The fourth-order valence-corrected chi connectivity index (χ4v) is 0.954. The van der Waals surface area contributed by atoms with Crippen molar-refractivity contribution in [2.75, 3.05) is 5.75 Å². The summed E-state index contributed by atoms with van der Waals surface area (Å²) in [6.45, 7) is 3.97. The van der Waals surface area contributed by atoms with Crippen LogP contribution in [0.25, 0.3) is 0 Å². The predicted molar refractivity (Wildman–Crippen MR) is 61.4 cm³/mol. The van der Waals surface area contributed by atoms with Crippen molar-refractivity contribution >= 4 is 36.6 Å². The molecule has 0 aromatic heterocycles. The van der Waals surface area contributed by atoms with Gasteiger partial charge in [0, 0.05) is 12.2 Å². The Bertz CT molecular complexity index is 102. The Hall–Kier alpha value is 0.819. The molecule has 0 N–H and O–H groups in total. The zero-order chi connectivity index (χ0) is 9.98. The van der Waals surface area contributed by atoms with Crippen LogP contribution in [0.15, 0.2) is 0 Å². The molecule has 0 aromatic carbocycles. The number of hydrogen-bond donors (Lipinski definition) is 0. The Morgan fingerprint density at radius 3 is 1.92 bits per heavy atom. The van der Waals surface area contributed by atoms with Crippen molar-refractivity contribution in [3.05, 3.63) is 0 Å². The minimum atomic E-state index is -0.543. The zero-order valence-electron chi connectivity index (χ0n) is 8.94. The van der Waals surface area contributed by atoms with Gasteiger partial charge in [-0.15, -0.1) is 0 Å². The summed E-state index contributed by atoms with van der Waals surface area (Å²) in [5.41, 5.74) is 0. The van der Waals surface area contributed by atoms with Crippen LogP contribution in [0.2, 0.25) is 14.8 Å². The van der Waals surface area contributed by atoms with Gasteiger partial charge in [-0.1, -0.05) is 25.6 Å². The summed E-state index contributed by atoms with van der Waals surface area (Å²) >= 11 is 0.894. The van der Waals surface area contributed by atoms with E-state index in [-0.39, 0.29) is 0 Å². The van der Waals surface area contributed by atoms with Gasteiger partial charge < -0.3 is 0 Å². The van der Waals surface area contributed by atoms with Crippen molar-refractivity contribution in [1.29, 1.82) is 0 Å². The first-order valence-electron chi connectivity index (χ1n) is 4.46. The van der Waals surface area contributed by atoms with E-state index in [0.29, 0.717) is 11.5 Å². The van der Waals surface area contributed by atoms with E-state index >= 15 is 0 Å². The average molecular weight is 296 g/mol. The molecule has 0 amide bonds. The van der Waals surface area contributed by atoms with Crippen LogP contribution in [-0.2, 0) is 4.79 Å². The van der Waals surface area contributed by atoms with Crippen LogP contribution in [0.4, 0.5) is 0 Å². The summed E-state index contributed by atoms with van der Waals surface area (Å²) in [5.74, 6) is 0.979. The number of carbonyl (C=O) groups is 1. The summed E-state index contributed by atoms with van der Waals surface area (Å²) in [5, 5.41) is 0.312. The molecule has 0 unspecified atom stereocenters. The monoisotopic (exact) mass is 297 g/mol. The second-order valence-electron chi connectivity index (χ2n) is 3.07. The van der Waals surface area contributed by atoms with E-state index in [1.165, 1.54) is 11.8 Å². The van der Waals surface area contributed by atoms with E-state index in [1.54, 1.807) is 0 Å². The average Bonchev–Trinajstić information content (AvgIpc) is 1.99. The van der Waals surface area contributed by atoms with Crippen molar-refractivity contribution in [3.63, 3.8) is 0 Å². The molecule has 0 aliphatic heterocycles. The van der Waals surface area contributed by atoms with E-state index in [1.807, 2.05) is 6.92 Å². The molecular formula is C9H21OSSn+. The van der Waals surface area contributed by atoms with E-state index in [9.17, 15) is 4.79 Å². The van der Waals surface area contributed by atoms with Gasteiger partial charge in [-0.25, -0.2) is 0 Å². The maximum absolute atomic E-state index is 10.5. The molecule has 0 bridgehead atoms. The Labute approximate surface area is 88.4 Å². The van der Waals surface area contributed by atoms with Gasteiger partial charge >= 0.3 is 34.6 Å². The fourth-order valence-electron chi connectivity index (χ4n) is 0.318. The molecule has 1 nitrogen and oxygen atoms in total. The van der Waals surface area contributed by atoms with Crippen LogP contribution >= 0.6 is 11.8 Å². The molecule has 0 heterocycles. The summed E-state index contributed by atoms with van der Waals surface area (Å²) in [6.07, 6.45) is 1.76. The van der Waals surface area contributed by atoms with Gasteiger partial charge in [0.2, 0.25) is 0 Å². The Balaban J connectivity index is 0. The van der Waals surface area contributed by atoms with Gasteiger partial charge in [0.05, 0.1) is 0 Å². The van der Waals surface area contributed by atoms with Crippen LogP contribution in [0.5, 0.6) is 0 Å². The molecule has 0 radical (unpaired) electrons. The molecule has 72 valence electrons. The molecule has 0 aliphatic carbocycles. The molecule has 0 saturated carbocycles. The van der Waals surface area contributed by atoms with Gasteiger partial charge in [-0.3, -0.25) is 4.79 Å². The Morgan fingerprint density at radius 2 is 1.67 bits per heavy atom. The molecule has 12 heavy (non-hydrogen) atoms. The second kappa shape index (κ2) is 11.8. The van der Waals surface area contributed by atoms with E-state index < -0.39 is 19.8 Å².